The van der Waals surface area contributed by atoms with Gasteiger partial charge in [-0.05, 0) is 49.4 Å². The average Bonchev–Trinajstić information content (AvgIpc) is 2.99. The number of aromatic nitrogens is 1. The Balaban J connectivity index is 1.68. The minimum atomic E-state index is -0.0118. The molecule has 0 radical (unpaired) electrons. The molecule has 1 atom stereocenters. The van der Waals surface area contributed by atoms with Crippen LogP contribution in [0.3, 0.4) is 0 Å². The predicted molar refractivity (Wildman–Crippen MR) is 87.9 cm³/mol. The monoisotopic (exact) mass is 295 g/mol. The van der Waals surface area contributed by atoms with Crippen LogP contribution in [0.4, 0.5) is 10.5 Å². The van der Waals surface area contributed by atoms with E-state index >= 15 is 0 Å². The molecule has 4 heteroatoms. The molecule has 2 heterocycles. The molecule has 0 aliphatic carbocycles. The highest BCUT2D eigenvalue weighted by Crippen LogP contribution is 2.23. The van der Waals surface area contributed by atoms with E-state index in [-0.39, 0.29) is 12.1 Å². The van der Waals surface area contributed by atoms with E-state index in [1.807, 2.05) is 17.0 Å². The fourth-order valence-corrected chi connectivity index (χ4v) is 3.04. The maximum Gasteiger partial charge on any atom is 0.322 e. The van der Waals surface area contributed by atoms with Gasteiger partial charge >= 0.3 is 6.03 Å². The van der Waals surface area contributed by atoms with Crippen LogP contribution in [0.5, 0.6) is 0 Å². The van der Waals surface area contributed by atoms with E-state index < -0.39 is 0 Å². The van der Waals surface area contributed by atoms with Gasteiger partial charge in [0.1, 0.15) is 0 Å². The van der Waals surface area contributed by atoms with Crippen LogP contribution in [0.25, 0.3) is 0 Å². The predicted octanol–water partition coefficient (Wildman–Crippen LogP) is 3.63. The van der Waals surface area contributed by atoms with Crippen molar-refractivity contribution < 1.29 is 4.79 Å². The summed E-state index contributed by atoms with van der Waals surface area (Å²) in [5.41, 5.74) is 3.42. The number of hydrogen-bond donors (Lipinski definition) is 1. The van der Waals surface area contributed by atoms with Crippen molar-refractivity contribution in [3.63, 3.8) is 0 Å². The number of anilines is 1. The molecular formula is C18H21N3O. The molecule has 4 nitrogen and oxygen atoms in total. The molecule has 1 unspecified atom stereocenters. The Morgan fingerprint density at radius 2 is 2.05 bits per heavy atom. The topological polar surface area (TPSA) is 45.2 Å². The third kappa shape index (κ3) is 3.27. The number of carbonyl (C=O) groups is 1. The lowest BCUT2D eigenvalue weighted by Gasteiger charge is -2.25. The first-order valence-corrected chi connectivity index (χ1v) is 7.76. The highest BCUT2D eigenvalue weighted by Gasteiger charge is 2.29. The SMILES string of the molecule is Cc1ccccc1CC1CCCN1C(=O)Nc1ccncc1. The van der Waals surface area contributed by atoms with Gasteiger partial charge in [0, 0.05) is 30.7 Å². The molecule has 0 spiro atoms. The summed E-state index contributed by atoms with van der Waals surface area (Å²) in [5, 5.41) is 2.96. The largest absolute Gasteiger partial charge is 0.322 e. The van der Waals surface area contributed by atoms with Crippen LogP contribution >= 0.6 is 0 Å². The zero-order valence-corrected chi connectivity index (χ0v) is 12.8. The lowest BCUT2D eigenvalue weighted by Crippen LogP contribution is -2.39. The number of nitrogens with zero attached hydrogens (tertiary/aromatic N) is 2. The van der Waals surface area contributed by atoms with E-state index in [1.54, 1.807) is 12.4 Å². The summed E-state index contributed by atoms with van der Waals surface area (Å²) in [5.74, 6) is 0. The lowest BCUT2D eigenvalue weighted by molar-refractivity contribution is 0.206. The number of nitrogens with one attached hydrogen (secondary N) is 1. The molecular weight excluding hydrogens is 274 g/mol. The summed E-state index contributed by atoms with van der Waals surface area (Å²) in [6.45, 7) is 2.96. The summed E-state index contributed by atoms with van der Waals surface area (Å²) in [4.78, 5) is 18.4. The molecule has 22 heavy (non-hydrogen) atoms. The second kappa shape index (κ2) is 6.60. The third-order valence-corrected chi connectivity index (χ3v) is 4.29. The number of likely N-dealkylation sites (tertiary alicyclic amines) is 1. The zero-order valence-electron chi connectivity index (χ0n) is 12.8. The average molecular weight is 295 g/mol. The van der Waals surface area contributed by atoms with Crippen molar-refractivity contribution in [2.24, 2.45) is 0 Å². The van der Waals surface area contributed by atoms with Gasteiger partial charge in [-0.3, -0.25) is 4.98 Å². The van der Waals surface area contributed by atoms with E-state index in [4.69, 9.17) is 0 Å². The Labute approximate surface area is 131 Å². The van der Waals surface area contributed by atoms with Crippen LogP contribution in [-0.2, 0) is 6.42 Å². The van der Waals surface area contributed by atoms with Crippen LogP contribution < -0.4 is 5.32 Å². The summed E-state index contributed by atoms with van der Waals surface area (Å²) in [6.07, 6.45) is 6.43. The van der Waals surface area contributed by atoms with E-state index in [1.165, 1.54) is 11.1 Å². The van der Waals surface area contributed by atoms with Gasteiger partial charge in [0.25, 0.3) is 0 Å². The highest BCUT2D eigenvalue weighted by atomic mass is 16.2. The molecule has 2 aromatic rings. The molecule has 1 aliphatic heterocycles. The smallest absolute Gasteiger partial charge is 0.321 e. The number of carbonyl (C=O) groups excluding carboxylic acids is 1. The quantitative estimate of drug-likeness (QED) is 0.940. The molecule has 1 aliphatic rings. The van der Waals surface area contributed by atoms with Gasteiger partial charge < -0.3 is 10.2 Å². The first-order chi connectivity index (χ1) is 10.7. The Hall–Kier alpha value is -2.36. The summed E-state index contributed by atoms with van der Waals surface area (Å²) in [7, 11) is 0. The first kappa shape index (κ1) is 14.6. The van der Waals surface area contributed by atoms with Gasteiger partial charge in [0.2, 0.25) is 0 Å². The van der Waals surface area contributed by atoms with Crippen molar-refractivity contribution >= 4 is 11.7 Å². The molecule has 3 rings (SSSR count). The highest BCUT2D eigenvalue weighted by molar-refractivity contribution is 5.89. The normalized spacial score (nSPS) is 17.5. The second-order valence-electron chi connectivity index (χ2n) is 5.79. The molecule has 1 N–H and O–H groups in total. The minimum absolute atomic E-state index is 0.0118. The van der Waals surface area contributed by atoms with Crippen LogP contribution in [0.1, 0.15) is 24.0 Å². The van der Waals surface area contributed by atoms with Crippen molar-refractivity contribution in [3.8, 4) is 0 Å². The van der Waals surface area contributed by atoms with Gasteiger partial charge in [-0.1, -0.05) is 24.3 Å². The number of amides is 2. The molecule has 1 aromatic carbocycles. The second-order valence-corrected chi connectivity index (χ2v) is 5.79. The van der Waals surface area contributed by atoms with E-state index in [2.05, 4.69) is 41.5 Å². The van der Waals surface area contributed by atoms with Crippen molar-refractivity contribution in [2.45, 2.75) is 32.2 Å². The molecule has 0 saturated carbocycles. The van der Waals surface area contributed by atoms with Gasteiger partial charge in [0.05, 0.1) is 0 Å². The van der Waals surface area contributed by atoms with E-state index in [0.717, 1.165) is 31.5 Å². The third-order valence-electron chi connectivity index (χ3n) is 4.29. The molecule has 1 aromatic heterocycles. The maximum absolute atomic E-state index is 12.5. The fraction of sp³-hybridized carbons (Fsp3) is 0.333. The number of hydrogen-bond acceptors (Lipinski definition) is 2. The van der Waals surface area contributed by atoms with Gasteiger partial charge in [0.15, 0.2) is 0 Å². The van der Waals surface area contributed by atoms with E-state index in [9.17, 15) is 4.79 Å². The number of pyridine rings is 1. The first-order valence-electron chi connectivity index (χ1n) is 7.76. The molecule has 2 amide bonds. The molecule has 1 fully saturated rings. The van der Waals surface area contributed by atoms with Crippen LogP contribution in [0.15, 0.2) is 48.8 Å². The summed E-state index contributed by atoms with van der Waals surface area (Å²) >= 11 is 0. The standard InChI is InChI=1S/C18H21N3O/c1-14-5-2-3-6-15(14)13-17-7-4-12-21(17)18(22)20-16-8-10-19-11-9-16/h2-3,5-6,8-11,17H,4,7,12-13H2,1H3,(H,19,20,22). The van der Waals surface area contributed by atoms with Gasteiger partial charge in [-0.15, -0.1) is 0 Å². The van der Waals surface area contributed by atoms with Crippen molar-refractivity contribution in [1.82, 2.24) is 9.88 Å². The zero-order chi connectivity index (χ0) is 15.4. The molecule has 0 bridgehead atoms. The van der Waals surface area contributed by atoms with Crippen LogP contribution in [0.2, 0.25) is 0 Å². The van der Waals surface area contributed by atoms with Crippen LogP contribution in [-0.4, -0.2) is 28.5 Å². The van der Waals surface area contributed by atoms with Crippen molar-refractivity contribution in [3.05, 3.63) is 59.9 Å². The number of aryl methyl sites for hydroxylation is 1. The number of benzene rings is 1. The minimum Gasteiger partial charge on any atom is -0.321 e. The fourth-order valence-electron chi connectivity index (χ4n) is 3.04. The molecule has 1 saturated heterocycles. The number of urea groups is 1. The maximum atomic E-state index is 12.5. The Bertz CT molecular complexity index is 642. The van der Waals surface area contributed by atoms with Crippen LogP contribution in [0, 0.1) is 6.92 Å². The molecule has 114 valence electrons. The van der Waals surface area contributed by atoms with Crippen molar-refractivity contribution in [1.29, 1.82) is 0 Å². The lowest BCUT2D eigenvalue weighted by atomic mass is 10.00. The Kier molecular flexibility index (Phi) is 4.37. The van der Waals surface area contributed by atoms with Crippen molar-refractivity contribution in [2.75, 3.05) is 11.9 Å². The Morgan fingerprint density at radius 1 is 1.27 bits per heavy atom. The summed E-state index contributed by atoms with van der Waals surface area (Å²) < 4.78 is 0. The van der Waals surface area contributed by atoms with Gasteiger partial charge in [-0.25, -0.2) is 4.79 Å². The Morgan fingerprint density at radius 3 is 2.82 bits per heavy atom. The van der Waals surface area contributed by atoms with E-state index in [0.29, 0.717) is 0 Å². The summed E-state index contributed by atoms with van der Waals surface area (Å²) in [6, 6.07) is 12.3. The number of rotatable bonds is 3. The van der Waals surface area contributed by atoms with Gasteiger partial charge in [-0.2, -0.15) is 0 Å².